The molecule has 0 aliphatic rings. The van der Waals surface area contributed by atoms with Crippen molar-refractivity contribution in [2.24, 2.45) is 0 Å². The van der Waals surface area contributed by atoms with E-state index in [4.69, 9.17) is 27.7 Å². The minimum Gasteiger partial charge on any atom is -0.333 e. The minimum atomic E-state index is -0.590. The van der Waals surface area contributed by atoms with E-state index in [-0.39, 0.29) is 33.3 Å². The first kappa shape index (κ1) is 17.1. The monoisotopic (exact) mass is 379 g/mol. The average Bonchev–Trinajstić information content (AvgIpc) is 3.07. The molecule has 3 aromatic rings. The highest BCUT2D eigenvalue weighted by atomic mass is 35.5. The van der Waals surface area contributed by atoms with Crippen molar-refractivity contribution in [3.05, 3.63) is 74.9 Å². The summed E-state index contributed by atoms with van der Waals surface area (Å²) < 4.78 is 18.0. The minimum absolute atomic E-state index is 0.0228. The number of aromatic nitrogens is 2. The molecule has 0 fully saturated rings. The second-order valence-electron chi connectivity index (χ2n) is 4.89. The first-order valence-electron chi connectivity index (χ1n) is 6.85. The molecule has 0 saturated carbocycles. The van der Waals surface area contributed by atoms with Gasteiger partial charge in [0.2, 0.25) is 5.82 Å². The molecule has 1 heterocycles. The van der Waals surface area contributed by atoms with Crippen molar-refractivity contribution in [2.75, 3.05) is 0 Å². The molecular weight excluding hydrogens is 372 g/mol. The maximum Gasteiger partial charge on any atom is 0.288 e. The summed E-state index contributed by atoms with van der Waals surface area (Å²) >= 11 is 11.9. The van der Waals surface area contributed by atoms with Crippen molar-refractivity contribution in [1.29, 1.82) is 0 Å². The van der Waals surface area contributed by atoms with Gasteiger partial charge in [-0.05, 0) is 42.0 Å². The van der Waals surface area contributed by atoms with E-state index in [0.29, 0.717) is 11.1 Å². The lowest BCUT2D eigenvalue weighted by atomic mass is 10.2. The molecule has 3 rings (SSSR count). The molecule has 2 aromatic carbocycles. The van der Waals surface area contributed by atoms with Crippen LogP contribution in [0.5, 0.6) is 0 Å². The summed E-state index contributed by atoms with van der Waals surface area (Å²) in [4.78, 5) is 14.4. The van der Waals surface area contributed by atoms with Gasteiger partial charge in [0.1, 0.15) is 15.9 Å². The third-order valence-corrected chi connectivity index (χ3v) is 3.78. The van der Waals surface area contributed by atoms with Gasteiger partial charge >= 0.3 is 0 Å². The van der Waals surface area contributed by atoms with E-state index in [1.807, 2.05) is 0 Å². The van der Waals surface area contributed by atoms with Gasteiger partial charge in [-0.2, -0.15) is 4.98 Å². The summed E-state index contributed by atoms with van der Waals surface area (Å²) in [7, 11) is 0. The Bertz CT molecular complexity index is 971. The lowest BCUT2D eigenvalue weighted by Crippen LogP contribution is -1.89. The highest BCUT2D eigenvalue weighted by Gasteiger charge is 2.14. The predicted molar refractivity (Wildman–Crippen MR) is 91.5 cm³/mol. The van der Waals surface area contributed by atoms with Crippen molar-refractivity contribution in [2.45, 2.75) is 0 Å². The van der Waals surface area contributed by atoms with Gasteiger partial charge in [-0.1, -0.05) is 34.4 Å². The van der Waals surface area contributed by atoms with E-state index < -0.39 is 4.92 Å². The summed E-state index contributed by atoms with van der Waals surface area (Å²) in [6.07, 6.45) is 1.44. The molecule has 126 valence electrons. The van der Waals surface area contributed by atoms with Crippen LogP contribution in [0.2, 0.25) is 5.02 Å². The zero-order valence-electron chi connectivity index (χ0n) is 12.3. The fraction of sp³-hybridized carbons (Fsp3) is 0. The first-order valence-corrected chi connectivity index (χ1v) is 7.61. The molecule has 0 N–H and O–H groups in total. The maximum atomic E-state index is 12.9. The van der Waals surface area contributed by atoms with Gasteiger partial charge in [0.05, 0.1) is 4.92 Å². The van der Waals surface area contributed by atoms with Crippen LogP contribution in [0.25, 0.3) is 22.5 Å². The summed E-state index contributed by atoms with van der Waals surface area (Å²) in [5.74, 6) is -0.114. The van der Waals surface area contributed by atoms with E-state index in [1.54, 1.807) is 6.07 Å². The third kappa shape index (κ3) is 3.84. The van der Waals surface area contributed by atoms with E-state index in [2.05, 4.69) is 10.1 Å². The summed E-state index contributed by atoms with van der Waals surface area (Å²) in [5, 5.41) is 14.8. The SMILES string of the molecule is O=[N+]([O-])c1cc(/C=C(\Cl)c2nc(-c3ccc(F)cc3)no2)ccc1Cl. The summed E-state index contributed by atoms with van der Waals surface area (Å²) in [6, 6.07) is 9.80. The molecular formula is C16H8Cl2FN3O3. The van der Waals surface area contributed by atoms with Crippen molar-refractivity contribution in [1.82, 2.24) is 10.1 Å². The lowest BCUT2D eigenvalue weighted by Gasteiger charge is -1.98. The second kappa shape index (κ2) is 7.00. The van der Waals surface area contributed by atoms with Crippen LogP contribution in [0.15, 0.2) is 47.0 Å². The van der Waals surface area contributed by atoms with Gasteiger partial charge < -0.3 is 4.52 Å². The molecule has 0 amide bonds. The Kier molecular flexibility index (Phi) is 4.78. The number of nitrogens with zero attached hydrogens (tertiary/aromatic N) is 3. The van der Waals surface area contributed by atoms with Gasteiger partial charge in [0.25, 0.3) is 11.6 Å². The molecule has 0 radical (unpaired) electrons. The first-order chi connectivity index (χ1) is 11.9. The number of benzene rings is 2. The van der Waals surface area contributed by atoms with Crippen molar-refractivity contribution >= 4 is 40.0 Å². The Balaban J connectivity index is 1.90. The average molecular weight is 380 g/mol. The molecule has 0 spiro atoms. The van der Waals surface area contributed by atoms with Crippen molar-refractivity contribution in [3.63, 3.8) is 0 Å². The molecule has 1 aromatic heterocycles. The Morgan fingerprint density at radius 1 is 1.24 bits per heavy atom. The number of nitro benzene ring substituents is 1. The molecule has 0 unspecified atom stereocenters. The number of halogens is 3. The molecule has 0 atom stereocenters. The number of rotatable bonds is 4. The normalized spacial score (nSPS) is 11.6. The highest BCUT2D eigenvalue weighted by Crippen LogP contribution is 2.29. The van der Waals surface area contributed by atoms with Crippen molar-refractivity contribution < 1.29 is 13.8 Å². The number of nitro groups is 1. The van der Waals surface area contributed by atoms with Crippen LogP contribution in [0.3, 0.4) is 0 Å². The Hall–Kier alpha value is -2.77. The van der Waals surface area contributed by atoms with E-state index in [1.165, 1.54) is 42.5 Å². The number of hydrogen-bond donors (Lipinski definition) is 0. The summed E-state index contributed by atoms with van der Waals surface area (Å²) in [6.45, 7) is 0. The van der Waals surface area contributed by atoms with Gasteiger partial charge in [-0.25, -0.2) is 4.39 Å². The Labute approximate surface area is 150 Å². The van der Waals surface area contributed by atoms with Crippen LogP contribution >= 0.6 is 23.2 Å². The van der Waals surface area contributed by atoms with Crippen molar-refractivity contribution in [3.8, 4) is 11.4 Å². The number of hydrogen-bond acceptors (Lipinski definition) is 5. The van der Waals surface area contributed by atoms with Crippen LogP contribution in [0.1, 0.15) is 11.5 Å². The molecule has 0 bridgehead atoms. The Morgan fingerprint density at radius 2 is 1.96 bits per heavy atom. The van der Waals surface area contributed by atoms with Crippen LogP contribution in [-0.2, 0) is 0 Å². The predicted octanol–water partition coefficient (Wildman–Crippen LogP) is 5.17. The van der Waals surface area contributed by atoms with Crippen LogP contribution < -0.4 is 0 Å². The van der Waals surface area contributed by atoms with Gasteiger partial charge in [0, 0.05) is 11.6 Å². The molecule has 9 heteroatoms. The second-order valence-corrected chi connectivity index (χ2v) is 5.70. The topological polar surface area (TPSA) is 82.1 Å². The quantitative estimate of drug-likeness (QED) is 0.460. The van der Waals surface area contributed by atoms with Gasteiger partial charge in [-0.3, -0.25) is 10.1 Å². The maximum absolute atomic E-state index is 12.9. The van der Waals surface area contributed by atoms with E-state index >= 15 is 0 Å². The van der Waals surface area contributed by atoms with Gasteiger partial charge in [-0.15, -0.1) is 0 Å². The zero-order chi connectivity index (χ0) is 18.0. The van der Waals surface area contributed by atoms with E-state index in [9.17, 15) is 14.5 Å². The molecule has 25 heavy (non-hydrogen) atoms. The van der Waals surface area contributed by atoms with E-state index in [0.717, 1.165) is 0 Å². The largest absolute Gasteiger partial charge is 0.333 e. The van der Waals surface area contributed by atoms with Crippen LogP contribution in [0, 0.1) is 15.9 Å². The highest BCUT2D eigenvalue weighted by molar-refractivity contribution is 6.50. The molecule has 0 saturated heterocycles. The third-order valence-electron chi connectivity index (χ3n) is 3.19. The fourth-order valence-electron chi connectivity index (χ4n) is 2.00. The lowest BCUT2D eigenvalue weighted by molar-refractivity contribution is -0.384. The molecule has 6 nitrogen and oxygen atoms in total. The fourth-order valence-corrected chi connectivity index (χ4v) is 2.39. The van der Waals surface area contributed by atoms with Crippen LogP contribution in [-0.4, -0.2) is 15.1 Å². The Morgan fingerprint density at radius 3 is 2.64 bits per heavy atom. The smallest absolute Gasteiger partial charge is 0.288 e. The van der Waals surface area contributed by atoms with Crippen LogP contribution in [0.4, 0.5) is 10.1 Å². The summed E-state index contributed by atoms with van der Waals surface area (Å²) in [5.41, 5.74) is 0.767. The molecule has 0 aliphatic carbocycles. The molecule has 0 aliphatic heterocycles. The van der Waals surface area contributed by atoms with Gasteiger partial charge in [0.15, 0.2) is 0 Å². The standard InChI is InChI=1S/C16H8Cl2FN3O3/c17-12-6-1-9(8-14(12)22(23)24)7-13(18)16-20-15(21-25-16)10-2-4-11(19)5-3-10/h1-8H/b13-7-. The zero-order valence-corrected chi connectivity index (χ0v) is 13.8.